The van der Waals surface area contributed by atoms with Gasteiger partial charge in [0.05, 0.1) is 5.56 Å². The molecule has 2 aromatic rings. The summed E-state index contributed by atoms with van der Waals surface area (Å²) >= 11 is 2.82. The molecule has 1 aromatic heterocycles. The van der Waals surface area contributed by atoms with E-state index >= 15 is 0 Å². The summed E-state index contributed by atoms with van der Waals surface area (Å²) in [4.78, 5) is 5.05. The summed E-state index contributed by atoms with van der Waals surface area (Å²) in [5.74, 6) is 0.623. The number of hydrogen-bond donors (Lipinski definition) is 1. The zero-order chi connectivity index (χ0) is 14.4. The smallest absolute Gasteiger partial charge is 0.174 e. The van der Waals surface area contributed by atoms with Gasteiger partial charge in [-0.2, -0.15) is 9.64 Å². The van der Waals surface area contributed by atoms with Gasteiger partial charge in [0.25, 0.3) is 0 Å². The monoisotopic (exact) mass is 304 g/mol. The highest BCUT2D eigenvalue weighted by Gasteiger charge is 2.08. The van der Waals surface area contributed by atoms with Crippen LogP contribution in [0.4, 0.5) is 0 Å². The fourth-order valence-corrected chi connectivity index (χ4v) is 3.14. The van der Waals surface area contributed by atoms with Gasteiger partial charge in [0, 0.05) is 11.4 Å². The van der Waals surface area contributed by atoms with Crippen LogP contribution in [0.3, 0.4) is 0 Å². The zero-order valence-electron chi connectivity index (χ0n) is 11.5. The second kappa shape index (κ2) is 7.39. The molecule has 0 aliphatic heterocycles. The number of aromatic nitrogens is 2. The predicted molar refractivity (Wildman–Crippen MR) is 81.7 cm³/mol. The fraction of sp³-hybridized carbons (Fsp3) is 0.357. The number of nitrogens with one attached hydrogen (secondary N) is 1. The Labute approximate surface area is 127 Å². The molecular formula is C14H16N4S2. The molecule has 0 fully saturated rings. The molecule has 1 heterocycles. The van der Waals surface area contributed by atoms with Crippen LogP contribution in [0.25, 0.3) is 0 Å². The van der Waals surface area contributed by atoms with Gasteiger partial charge >= 0.3 is 0 Å². The SMILES string of the molecule is CC(C)CNCc1ccc(Sc2ncns2)c(C#N)c1. The highest BCUT2D eigenvalue weighted by Crippen LogP contribution is 2.31. The van der Waals surface area contributed by atoms with Gasteiger partial charge in [0.2, 0.25) is 0 Å². The third kappa shape index (κ3) is 4.30. The van der Waals surface area contributed by atoms with E-state index in [1.807, 2.05) is 12.1 Å². The van der Waals surface area contributed by atoms with Crippen molar-refractivity contribution in [3.8, 4) is 6.07 Å². The van der Waals surface area contributed by atoms with E-state index < -0.39 is 0 Å². The maximum Gasteiger partial charge on any atom is 0.174 e. The van der Waals surface area contributed by atoms with E-state index in [0.29, 0.717) is 11.5 Å². The number of hydrogen-bond acceptors (Lipinski definition) is 6. The molecule has 0 spiro atoms. The van der Waals surface area contributed by atoms with Crippen molar-refractivity contribution in [1.29, 1.82) is 5.26 Å². The van der Waals surface area contributed by atoms with Gasteiger partial charge in [-0.1, -0.05) is 31.7 Å². The van der Waals surface area contributed by atoms with Gasteiger partial charge in [-0.3, -0.25) is 0 Å². The van der Waals surface area contributed by atoms with Crippen molar-refractivity contribution >= 4 is 23.3 Å². The highest BCUT2D eigenvalue weighted by molar-refractivity contribution is 8.01. The number of benzene rings is 1. The van der Waals surface area contributed by atoms with Gasteiger partial charge in [-0.15, -0.1) is 0 Å². The lowest BCUT2D eigenvalue weighted by atomic mass is 10.1. The molecule has 104 valence electrons. The van der Waals surface area contributed by atoms with Crippen molar-refractivity contribution in [3.05, 3.63) is 35.7 Å². The molecule has 0 saturated heterocycles. The van der Waals surface area contributed by atoms with Crippen LogP contribution in [0.5, 0.6) is 0 Å². The van der Waals surface area contributed by atoms with Crippen molar-refractivity contribution in [2.24, 2.45) is 5.92 Å². The maximum absolute atomic E-state index is 9.27. The Bertz CT molecular complexity index is 588. The molecule has 0 amide bonds. The molecule has 1 aromatic carbocycles. The topological polar surface area (TPSA) is 61.6 Å². The molecule has 6 heteroatoms. The Morgan fingerprint density at radius 2 is 2.30 bits per heavy atom. The van der Waals surface area contributed by atoms with Crippen LogP contribution in [0, 0.1) is 17.2 Å². The zero-order valence-corrected chi connectivity index (χ0v) is 13.1. The second-order valence-electron chi connectivity index (χ2n) is 4.78. The molecule has 0 atom stereocenters. The lowest BCUT2D eigenvalue weighted by Crippen LogP contribution is -2.18. The van der Waals surface area contributed by atoms with Crippen molar-refractivity contribution < 1.29 is 0 Å². The summed E-state index contributed by atoms with van der Waals surface area (Å²) in [7, 11) is 0. The summed E-state index contributed by atoms with van der Waals surface area (Å²) in [5.41, 5.74) is 1.82. The Balaban J connectivity index is 2.06. The molecule has 0 aliphatic carbocycles. The minimum Gasteiger partial charge on any atom is -0.312 e. The minimum atomic E-state index is 0.623. The van der Waals surface area contributed by atoms with Crippen LogP contribution in [-0.2, 0) is 6.54 Å². The number of nitriles is 1. The minimum absolute atomic E-state index is 0.623. The van der Waals surface area contributed by atoms with Gasteiger partial charge < -0.3 is 5.32 Å². The molecule has 20 heavy (non-hydrogen) atoms. The first kappa shape index (κ1) is 15.0. The summed E-state index contributed by atoms with van der Waals surface area (Å²) in [6, 6.07) is 8.23. The molecule has 0 bridgehead atoms. The van der Waals surface area contributed by atoms with E-state index in [9.17, 15) is 5.26 Å². The number of rotatable bonds is 6. The highest BCUT2D eigenvalue weighted by atomic mass is 32.2. The van der Waals surface area contributed by atoms with E-state index in [-0.39, 0.29) is 0 Å². The summed E-state index contributed by atoms with van der Waals surface area (Å²) < 4.78 is 4.82. The van der Waals surface area contributed by atoms with Gasteiger partial charge in [-0.25, -0.2) is 4.98 Å². The van der Waals surface area contributed by atoms with Crippen molar-refractivity contribution in [1.82, 2.24) is 14.7 Å². The van der Waals surface area contributed by atoms with Crippen LogP contribution >= 0.6 is 23.3 Å². The fourth-order valence-electron chi connectivity index (χ4n) is 1.67. The standard InChI is InChI=1S/C14H16N4S2/c1-10(2)7-16-8-11-3-4-13(12(5-11)6-15)19-14-17-9-18-20-14/h3-5,9-10,16H,7-8H2,1-2H3. The Morgan fingerprint density at radius 3 is 2.95 bits per heavy atom. The van der Waals surface area contributed by atoms with Gasteiger partial charge in [-0.05, 0) is 41.7 Å². The molecular weight excluding hydrogens is 288 g/mol. The summed E-state index contributed by atoms with van der Waals surface area (Å²) in [5, 5.41) is 12.6. The molecule has 1 N–H and O–H groups in total. The van der Waals surface area contributed by atoms with Crippen molar-refractivity contribution in [2.75, 3.05) is 6.54 Å². The number of nitrogens with zero attached hydrogens (tertiary/aromatic N) is 3. The molecule has 0 unspecified atom stereocenters. The maximum atomic E-state index is 9.27. The average Bonchev–Trinajstić information content (AvgIpc) is 2.93. The Hall–Kier alpha value is -1.42. The van der Waals surface area contributed by atoms with Crippen LogP contribution in [0.1, 0.15) is 25.0 Å². The molecule has 0 radical (unpaired) electrons. The van der Waals surface area contributed by atoms with E-state index in [1.54, 1.807) is 0 Å². The van der Waals surface area contributed by atoms with Crippen LogP contribution in [-0.4, -0.2) is 15.9 Å². The molecule has 2 rings (SSSR count). The van der Waals surface area contributed by atoms with Crippen LogP contribution < -0.4 is 5.32 Å². The average molecular weight is 304 g/mol. The first-order chi connectivity index (χ1) is 9.69. The molecule has 0 aliphatic rings. The Morgan fingerprint density at radius 1 is 1.45 bits per heavy atom. The van der Waals surface area contributed by atoms with Gasteiger partial charge in [0.1, 0.15) is 12.4 Å². The molecule has 4 nitrogen and oxygen atoms in total. The van der Waals surface area contributed by atoms with Crippen molar-refractivity contribution in [3.63, 3.8) is 0 Å². The first-order valence-electron chi connectivity index (χ1n) is 6.37. The van der Waals surface area contributed by atoms with Gasteiger partial charge in [0.15, 0.2) is 4.34 Å². The van der Waals surface area contributed by atoms with Crippen molar-refractivity contribution in [2.45, 2.75) is 29.6 Å². The Kier molecular flexibility index (Phi) is 5.53. The van der Waals surface area contributed by atoms with E-state index in [4.69, 9.17) is 0 Å². The predicted octanol–water partition coefficient (Wildman–Crippen LogP) is 3.31. The lowest BCUT2D eigenvalue weighted by molar-refractivity contribution is 0.552. The quantitative estimate of drug-likeness (QED) is 0.887. The second-order valence-corrected chi connectivity index (χ2v) is 6.85. The molecule has 0 saturated carbocycles. The van der Waals surface area contributed by atoms with E-state index in [0.717, 1.165) is 27.9 Å². The summed E-state index contributed by atoms with van der Waals surface area (Å²) in [6.07, 6.45) is 1.53. The normalized spacial score (nSPS) is 10.7. The first-order valence-corrected chi connectivity index (χ1v) is 7.96. The van der Waals surface area contributed by atoms with Crippen LogP contribution in [0.15, 0.2) is 33.8 Å². The third-order valence-corrected chi connectivity index (χ3v) is 4.38. The van der Waals surface area contributed by atoms with E-state index in [1.165, 1.54) is 29.6 Å². The summed E-state index contributed by atoms with van der Waals surface area (Å²) in [6.45, 7) is 6.12. The third-order valence-electron chi connectivity index (χ3n) is 2.58. The lowest BCUT2D eigenvalue weighted by Gasteiger charge is -2.09. The van der Waals surface area contributed by atoms with Crippen LogP contribution in [0.2, 0.25) is 0 Å². The van der Waals surface area contributed by atoms with E-state index in [2.05, 4.69) is 40.7 Å². The largest absolute Gasteiger partial charge is 0.312 e.